The van der Waals surface area contributed by atoms with Crippen LogP contribution in [0.15, 0.2) is 0 Å². The molecule has 1 fully saturated rings. The van der Waals surface area contributed by atoms with E-state index in [1.807, 2.05) is 0 Å². The predicted octanol–water partition coefficient (Wildman–Crippen LogP) is 1.49. The number of nitrogens with zero attached hydrogens (tertiary/aromatic N) is 1. The number of hydrogen-bond acceptors (Lipinski definition) is 3. The fraction of sp³-hybridized carbons (Fsp3) is 0.909. The third-order valence-electron chi connectivity index (χ3n) is 3.32. The Kier molecular flexibility index (Phi) is 5.40. The molecule has 106 valence electrons. The standard InChI is InChI=1S/C11H18F3NO3/c12-11(13,14)9(10(17)18)6-15-5-3-1-2-4-8(15)7-16/h8-9,16H,1-7H2,(H,17,18). The number of halogens is 3. The van der Waals surface area contributed by atoms with Crippen molar-refractivity contribution >= 4 is 5.97 Å². The van der Waals surface area contributed by atoms with E-state index in [2.05, 4.69) is 0 Å². The molecule has 0 saturated carbocycles. The number of likely N-dealkylation sites (tertiary alicyclic amines) is 1. The second-order valence-electron chi connectivity index (χ2n) is 4.61. The fourth-order valence-electron chi connectivity index (χ4n) is 2.24. The van der Waals surface area contributed by atoms with Crippen LogP contribution in [0, 0.1) is 5.92 Å². The Bertz CT molecular complexity index is 283. The Hall–Kier alpha value is -0.820. The summed E-state index contributed by atoms with van der Waals surface area (Å²) < 4.78 is 37.8. The predicted molar refractivity (Wildman–Crippen MR) is 58.1 cm³/mol. The molecule has 0 aromatic carbocycles. The normalized spacial score (nSPS) is 24.6. The zero-order chi connectivity index (χ0) is 13.8. The van der Waals surface area contributed by atoms with E-state index in [9.17, 15) is 23.1 Å². The van der Waals surface area contributed by atoms with Gasteiger partial charge < -0.3 is 10.2 Å². The molecule has 1 saturated heterocycles. The van der Waals surface area contributed by atoms with Gasteiger partial charge in [0.25, 0.3) is 0 Å². The monoisotopic (exact) mass is 269 g/mol. The van der Waals surface area contributed by atoms with Crippen LogP contribution in [0.3, 0.4) is 0 Å². The van der Waals surface area contributed by atoms with Crippen molar-refractivity contribution in [1.82, 2.24) is 4.90 Å². The Labute approximate surface area is 103 Å². The van der Waals surface area contributed by atoms with Crippen molar-refractivity contribution in [3.05, 3.63) is 0 Å². The highest BCUT2D eigenvalue weighted by atomic mass is 19.4. The van der Waals surface area contributed by atoms with Crippen LogP contribution in [0.5, 0.6) is 0 Å². The quantitative estimate of drug-likeness (QED) is 0.811. The highest BCUT2D eigenvalue weighted by molar-refractivity contribution is 5.71. The summed E-state index contributed by atoms with van der Waals surface area (Å²) in [6.45, 7) is -0.403. The SMILES string of the molecule is O=C(O)C(CN1CCCCCC1CO)C(F)(F)F. The van der Waals surface area contributed by atoms with Gasteiger partial charge in [0.05, 0.1) is 6.61 Å². The molecule has 18 heavy (non-hydrogen) atoms. The van der Waals surface area contributed by atoms with Crippen LogP contribution < -0.4 is 0 Å². The molecule has 7 heteroatoms. The molecule has 1 aliphatic heterocycles. The molecule has 0 bridgehead atoms. The van der Waals surface area contributed by atoms with Crippen LogP contribution >= 0.6 is 0 Å². The van der Waals surface area contributed by atoms with Gasteiger partial charge in [-0.2, -0.15) is 13.2 Å². The number of rotatable bonds is 4. The van der Waals surface area contributed by atoms with Gasteiger partial charge in [-0.15, -0.1) is 0 Å². The lowest BCUT2D eigenvalue weighted by molar-refractivity contribution is -0.197. The van der Waals surface area contributed by atoms with Gasteiger partial charge in [-0.3, -0.25) is 9.69 Å². The van der Waals surface area contributed by atoms with Gasteiger partial charge >= 0.3 is 12.1 Å². The first-order valence-electron chi connectivity index (χ1n) is 6.00. The van der Waals surface area contributed by atoms with E-state index in [-0.39, 0.29) is 12.6 Å². The summed E-state index contributed by atoms with van der Waals surface area (Å²) in [5.74, 6) is -4.24. The van der Waals surface area contributed by atoms with Crippen molar-refractivity contribution in [2.45, 2.75) is 37.9 Å². The Morgan fingerprint density at radius 1 is 1.33 bits per heavy atom. The number of alkyl halides is 3. The molecular weight excluding hydrogens is 251 g/mol. The maximum Gasteiger partial charge on any atom is 0.403 e. The molecule has 0 spiro atoms. The van der Waals surface area contributed by atoms with E-state index in [4.69, 9.17) is 5.11 Å². The van der Waals surface area contributed by atoms with Crippen molar-refractivity contribution < 1.29 is 28.2 Å². The molecule has 1 heterocycles. The van der Waals surface area contributed by atoms with Gasteiger partial charge in [-0.05, 0) is 19.4 Å². The smallest absolute Gasteiger partial charge is 0.403 e. The minimum atomic E-state index is -4.75. The molecule has 2 N–H and O–H groups in total. The summed E-state index contributed by atoms with van der Waals surface area (Å²) in [5.41, 5.74) is 0. The zero-order valence-electron chi connectivity index (χ0n) is 9.99. The van der Waals surface area contributed by atoms with E-state index >= 15 is 0 Å². The largest absolute Gasteiger partial charge is 0.481 e. The summed E-state index contributed by atoms with van der Waals surface area (Å²) in [6, 6.07) is -0.364. The van der Waals surface area contributed by atoms with E-state index < -0.39 is 24.6 Å². The molecule has 0 aliphatic carbocycles. The van der Waals surface area contributed by atoms with Gasteiger partial charge in [-0.1, -0.05) is 12.8 Å². The van der Waals surface area contributed by atoms with Crippen molar-refractivity contribution in [2.75, 3.05) is 19.7 Å². The summed E-state index contributed by atoms with van der Waals surface area (Å²) in [6.07, 6.45) is -1.65. The van der Waals surface area contributed by atoms with Crippen molar-refractivity contribution in [3.8, 4) is 0 Å². The van der Waals surface area contributed by atoms with Crippen LogP contribution in [-0.4, -0.2) is 53.0 Å². The van der Waals surface area contributed by atoms with E-state index in [1.54, 1.807) is 0 Å². The number of carboxylic acids is 1. The third kappa shape index (κ3) is 4.13. The van der Waals surface area contributed by atoms with Gasteiger partial charge in [-0.25, -0.2) is 0 Å². The van der Waals surface area contributed by atoms with Crippen LogP contribution in [-0.2, 0) is 4.79 Å². The highest BCUT2D eigenvalue weighted by Gasteiger charge is 2.46. The minimum Gasteiger partial charge on any atom is -0.481 e. The lowest BCUT2D eigenvalue weighted by atomic mass is 10.1. The average Bonchev–Trinajstić information content (AvgIpc) is 2.48. The number of carbonyl (C=O) groups is 1. The number of aliphatic hydroxyl groups excluding tert-OH is 1. The Morgan fingerprint density at radius 3 is 2.50 bits per heavy atom. The minimum absolute atomic E-state index is 0.232. The zero-order valence-corrected chi connectivity index (χ0v) is 9.99. The van der Waals surface area contributed by atoms with Crippen LogP contribution in [0.1, 0.15) is 25.7 Å². The molecule has 1 aliphatic rings. The fourth-order valence-corrected chi connectivity index (χ4v) is 2.24. The summed E-state index contributed by atoms with van der Waals surface area (Å²) in [5, 5.41) is 17.8. The Morgan fingerprint density at radius 2 is 2.00 bits per heavy atom. The third-order valence-corrected chi connectivity index (χ3v) is 3.32. The van der Waals surface area contributed by atoms with Gasteiger partial charge in [0.15, 0.2) is 5.92 Å². The molecule has 0 aromatic rings. The highest BCUT2D eigenvalue weighted by Crippen LogP contribution is 2.29. The maximum absolute atomic E-state index is 12.6. The maximum atomic E-state index is 12.6. The second kappa shape index (κ2) is 6.38. The van der Waals surface area contributed by atoms with Crippen molar-refractivity contribution in [1.29, 1.82) is 0 Å². The van der Waals surface area contributed by atoms with Crippen molar-refractivity contribution in [2.24, 2.45) is 5.92 Å². The van der Waals surface area contributed by atoms with Gasteiger partial charge in [0, 0.05) is 12.6 Å². The molecule has 2 unspecified atom stereocenters. The van der Waals surface area contributed by atoms with Crippen LogP contribution in [0.4, 0.5) is 13.2 Å². The van der Waals surface area contributed by atoms with Gasteiger partial charge in [0.1, 0.15) is 0 Å². The van der Waals surface area contributed by atoms with E-state index in [0.717, 1.165) is 19.3 Å². The topological polar surface area (TPSA) is 60.8 Å². The van der Waals surface area contributed by atoms with E-state index in [0.29, 0.717) is 13.0 Å². The van der Waals surface area contributed by atoms with Crippen LogP contribution in [0.2, 0.25) is 0 Å². The molecule has 0 radical (unpaired) electrons. The number of hydrogen-bond donors (Lipinski definition) is 2. The number of aliphatic hydroxyl groups is 1. The molecular formula is C11H18F3NO3. The first-order valence-corrected chi connectivity index (χ1v) is 6.00. The second-order valence-corrected chi connectivity index (χ2v) is 4.61. The lowest BCUT2D eigenvalue weighted by Crippen LogP contribution is -2.46. The van der Waals surface area contributed by atoms with Crippen molar-refractivity contribution in [3.63, 3.8) is 0 Å². The van der Waals surface area contributed by atoms with E-state index in [1.165, 1.54) is 4.90 Å². The number of aliphatic carboxylic acids is 1. The summed E-state index contributed by atoms with van der Waals surface area (Å²) in [4.78, 5) is 12.1. The lowest BCUT2D eigenvalue weighted by Gasteiger charge is -2.31. The molecule has 0 amide bonds. The summed E-state index contributed by atoms with van der Waals surface area (Å²) >= 11 is 0. The molecule has 0 aromatic heterocycles. The molecule has 4 nitrogen and oxygen atoms in total. The Balaban J connectivity index is 2.74. The van der Waals surface area contributed by atoms with Gasteiger partial charge in [0.2, 0.25) is 0 Å². The first kappa shape index (κ1) is 15.2. The first-order chi connectivity index (χ1) is 8.36. The average molecular weight is 269 g/mol. The summed E-state index contributed by atoms with van der Waals surface area (Å²) in [7, 11) is 0. The van der Waals surface area contributed by atoms with Crippen LogP contribution in [0.25, 0.3) is 0 Å². The molecule has 1 rings (SSSR count). The number of carboxylic acid groups (broad SMARTS) is 1. The molecule has 2 atom stereocenters.